The minimum absolute atomic E-state index is 0.192. The summed E-state index contributed by atoms with van der Waals surface area (Å²) in [5.41, 5.74) is 2.05. The smallest absolute Gasteiger partial charge is 0.123 e. The highest BCUT2D eigenvalue weighted by atomic mass is 35.5. The normalized spacial score (nSPS) is 10.2. The number of rotatable bonds is 3. The zero-order valence-corrected chi connectivity index (χ0v) is 10.2. The molecule has 0 saturated heterocycles. The third-order valence-corrected chi connectivity index (χ3v) is 2.77. The van der Waals surface area contributed by atoms with E-state index in [0.29, 0.717) is 17.4 Å². The molecule has 0 radical (unpaired) electrons. The van der Waals surface area contributed by atoms with Gasteiger partial charge in [-0.25, -0.2) is 0 Å². The van der Waals surface area contributed by atoms with Crippen LogP contribution >= 0.6 is 11.6 Å². The first-order chi connectivity index (χ1) is 8.15. The van der Waals surface area contributed by atoms with Gasteiger partial charge in [-0.15, -0.1) is 0 Å². The van der Waals surface area contributed by atoms with Crippen LogP contribution in [0.4, 0.5) is 0 Å². The fourth-order valence-corrected chi connectivity index (χ4v) is 1.79. The predicted octanol–water partition coefficient (Wildman–Crippen LogP) is 3.93. The first kappa shape index (κ1) is 11.8. The van der Waals surface area contributed by atoms with Gasteiger partial charge in [-0.1, -0.05) is 29.8 Å². The van der Waals surface area contributed by atoms with Crippen molar-refractivity contribution < 1.29 is 9.84 Å². The van der Waals surface area contributed by atoms with E-state index in [9.17, 15) is 5.11 Å². The fourth-order valence-electron chi connectivity index (χ4n) is 1.50. The number of aryl methyl sites for hydroxylation is 1. The molecule has 0 spiro atoms. The molecule has 0 atom stereocenters. The average Bonchev–Trinajstić information content (AvgIpc) is 2.28. The Hall–Kier alpha value is -1.67. The molecule has 2 nitrogen and oxygen atoms in total. The van der Waals surface area contributed by atoms with E-state index in [0.717, 1.165) is 11.1 Å². The number of aromatic hydroxyl groups is 1. The Bertz CT molecular complexity index is 523. The van der Waals surface area contributed by atoms with Gasteiger partial charge in [-0.05, 0) is 30.7 Å². The van der Waals surface area contributed by atoms with Crippen molar-refractivity contribution in [2.45, 2.75) is 13.5 Å². The number of hydrogen-bond acceptors (Lipinski definition) is 2. The van der Waals surface area contributed by atoms with Gasteiger partial charge in [-0.2, -0.15) is 0 Å². The second kappa shape index (κ2) is 5.11. The predicted molar refractivity (Wildman–Crippen MR) is 68.6 cm³/mol. The highest BCUT2D eigenvalue weighted by molar-refractivity contribution is 6.31. The molecule has 2 rings (SSSR count). The Morgan fingerprint density at radius 1 is 1.18 bits per heavy atom. The van der Waals surface area contributed by atoms with Gasteiger partial charge in [0.25, 0.3) is 0 Å². The van der Waals surface area contributed by atoms with Crippen LogP contribution in [0.1, 0.15) is 11.1 Å². The number of phenols is 1. The zero-order valence-electron chi connectivity index (χ0n) is 9.48. The molecule has 0 aliphatic rings. The second-order valence-corrected chi connectivity index (χ2v) is 4.29. The summed E-state index contributed by atoms with van der Waals surface area (Å²) in [5.74, 6) is 0.819. The molecule has 0 heterocycles. The highest BCUT2D eigenvalue weighted by Crippen LogP contribution is 2.22. The third kappa shape index (κ3) is 3.14. The first-order valence-electron chi connectivity index (χ1n) is 5.32. The average molecular weight is 249 g/mol. The zero-order chi connectivity index (χ0) is 12.3. The van der Waals surface area contributed by atoms with Gasteiger partial charge >= 0.3 is 0 Å². The first-order valence-corrected chi connectivity index (χ1v) is 5.70. The highest BCUT2D eigenvalue weighted by Gasteiger charge is 2.02. The summed E-state index contributed by atoms with van der Waals surface area (Å²) in [6.07, 6.45) is 0. The summed E-state index contributed by atoms with van der Waals surface area (Å²) < 4.78 is 5.55. The van der Waals surface area contributed by atoms with Crippen molar-refractivity contribution in [3.63, 3.8) is 0 Å². The van der Waals surface area contributed by atoms with Crippen molar-refractivity contribution in [1.29, 1.82) is 0 Å². The van der Waals surface area contributed by atoms with Gasteiger partial charge in [0.05, 0.1) is 0 Å². The summed E-state index contributed by atoms with van der Waals surface area (Å²) >= 11 is 6.10. The van der Waals surface area contributed by atoms with Crippen LogP contribution in [0.25, 0.3) is 0 Å². The lowest BCUT2D eigenvalue weighted by atomic mass is 10.1. The summed E-state index contributed by atoms with van der Waals surface area (Å²) in [5, 5.41) is 9.99. The number of benzene rings is 2. The van der Waals surface area contributed by atoms with Gasteiger partial charge in [0, 0.05) is 16.7 Å². The molecule has 17 heavy (non-hydrogen) atoms. The van der Waals surface area contributed by atoms with Gasteiger partial charge in [0.1, 0.15) is 18.1 Å². The molecule has 0 fully saturated rings. The molecular formula is C14H13ClO2. The van der Waals surface area contributed by atoms with Crippen LogP contribution in [-0.2, 0) is 6.61 Å². The van der Waals surface area contributed by atoms with E-state index in [1.54, 1.807) is 24.3 Å². The molecular weight excluding hydrogens is 236 g/mol. The maximum atomic E-state index is 9.30. The van der Waals surface area contributed by atoms with E-state index in [-0.39, 0.29) is 5.75 Å². The minimum Gasteiger partial charge on any atom is -0.508 e. The summed E-state index contributed by atoms with van der Waals surface area (Å²) in [4.78, 5) is 0. The van der Waals surface area contributed by atoms with Crippen LogP contribution < -0.4 is 4.74 Å². The molecule has 0 amide bonds. The minimum atomic E-state index is 0.192. The molecule has 0 aromatic heterocycles. The lowest BCUT2D eigenvalue weighted by molar-refractivity contribution is 0.304. The largest absolute Gasteiger partial charge is 0.508 e. The van der Waals surface area contributed by atoms with Gasteiger partial charge in [-0.3, -0.25) is 0 Å². The van der Waals surface area contributed by atoms with E-state index >= 15 is 0 Å². The molecule has 0 aliphatic carbocycles. The summed E-state index contributed by atoms with van der Waals surface area (Å²) in [6, 6.07) is 12.5. The van der Waals surface area contributed by atoms with Crippen molar-refractivity contribution in [1.82, 2.24) is 0 Å². The monoisotopic (exact) mass is 248 g/mol. The lowest BCUT2D eigenvalue weighted by Gasteiger charge is -2.08. The van der Waals surface area contributed by atoms with Crippen LogP contribution in [0.2, 0.25) is 5.02 Å². The van der Waals surface area contributed by atoms with Crippen molar-refractivity contribution in [2.75, 3.05) is 0 Å². The maximum Gasteiger partial charge on any atom is 0.123 e. The Morgan fingerprint density at radius 2 is 2.00 bits per heavy atom. The number of phenolic OH excluding ortho intramolecular Hbond substituents is 1. The Balaban J connectivity index is 2.07. The Labute approximate surface area is 105 Å². The van der Waals surface area contributed by atoms with Gasteiger partial charge < -0.3 is 9.84 Å². The fraction of sp³-hybridized carbons (Fsp3) is 0.143. The van der Waals surface area contributed by atoms with E-state index < -0.39 is 0 Å². The van der Waals surface area contributed by atoms with Crippen LogP contribution in [0.15, 0.2) is 42.5 Å². The number of halogens is 1. The van der Waals surface area contributed by atoms with Crippen molar-refractivity contribution in [3.8, 4) is 11.5 Å². The molecule has 88 valence electrons. The number of hydrogen-bond donors (Lipinski definition) is 1. The van der Waals surface area contributed by atoms with Crippen LogP contribution in [0, 0.1) is 6.92 Å². The van der Waals surface area contributed by atoms with E-state index in [1.165, 1.54) is 0 Å². The molecule has 0 aliphatic heterocycles. The molecule has 2 aromatic rings. The Kier molecular flexibility index (Phi) is 3.55. The molecule has 0 saturated carbocycles. The molecule has 2 aromatic carbocycles. The summed E-state index contributed by atoms with van der Waals surface area (Å²) in [7, 11) is 0. The van der Waals surface area contributed by atoms with Gasteiger partial charge in [0.15, 0.2) is 0 Å². The molecule has 0 unspecified atom stereocenters. The topological polar surface area (TPSA) is 29.5 Å². The lowest BCUT2D eigenvalue weighted by Crippen LogP contribution is -1.96. The van der Waals surface area contributed by atoms with E-state index in [4.69, 9.17) is 16.3 Å². The van der Waals surface area contributed by atoms with Gasteiger partial charge in [0.2, 0.25) is 0 Å². The van der Waals surface area contributed by atoms with E-state index in [1.807, 2.05) is 25.1 Å². The Morgan fingerprint density at radius 3 is 2.71 bits per heavy atom. The van der Waals surface area contributed by atoms with Crippen LogP contribution in [0.5, 0.6) is 11.5 Å². The maximum absolute atomic E-state index is 9.30. The summed E-state index contributed by atoms with van der Waals surface area (Å²) in [6.45, 7) is 2.38. The third-order valence-electron chi connectivity index (χ3n) is 2.42. The molecule has 3 heteroatoms. The van der Waals surface area contributed by atoms with Crippen LogP contribution in [0.3, 0.4) is 0 Å². The molecule has 0 bridgehead atoms. The standard InChI is InChI=1S/C14H13ClO2/c1-10-5-6-11(14(15)7-10)9-17-13-4-2-3-12(16)8-13/h2-8,16H,9H2,1H3. The number of ether oxygens (including phenoxy) is 1. The van der Waals surface area contributed by atoms with E-state index in [2.05, 4.69) is 0 Å². The quantitative estimate of drug-likeness (QED) is 0.892. The van der Waals surface area contributed by atoms with Crippen molar-refractivity contribution >= 4 is 11.6 Å². The van der Waals surface area contributed by atoms with Crippen LogP contribution in [-0.4, -0.2) is 5.11 Å². The SMILES string of the molecule is Cc1ccc(COc2cccc(O)c2)c(Cl)c1. The van der Waals surface area contributed by atoms with Crippen molar-refractivity contribution in [3.05, 3.63) is 58.6 Å². The van der Waals surface area contributed by atoms with Crippen molar-refractivity contribution in [2.24, 2.45) is 0 Å². The second-order valence-electron chi connectivity index (χ2n) is 3.88. The molecule has 1 N–H and O–H groups in total.